The van der Waals surface area contributed by atoms with E-state index in [4.69, 9.17) is 0 Å². The zero-order valence-corrected chi connectivity index (χ0v) is 22.9. The van der Waals surface area contributed by atoms with Gasteiger partial charge in [0.25, 0.3) is 0 Å². The van der Waals surface area contributed by atoms with E-state index >= 15 is 0 Å². The second kappa shape index (κ2) is 42.6. The van der Waals surface area contributed by atoms with Gasteiger partial charge >= 0.3 is 0 Å². The Morgan fingerprint density at radius 1 is 0.467 bits per heavy atom. The Balaban J connectivity index is -0.000000161. The van der Waals surface area contributed by atoms with E-state index in [9.17, 15) is 0 Å². The number of rotatable bonds is 17. The molecule has 0 aliphatic heterocycles. The standard InChI is InChI=1S/C12H26.C6H14.2C6H12/c1-4-7-9-11-12(6-3)10-8-5-2;3*1-3-5-6-4-2/h12H,4-11H2,1-3H3;3-6H2,1-2H3;2*3H,1,4-6H2,2H3. The lowest BCUT2D eigenvalue weighted by Gasteiger charge is -2.13. The van der Waals surface area contributed by atoms with E-state index in [2.05, 4.69) is 61.6 Å². The maximum Gasteiger partial charge on any atom is -0.0354 e. The normalized spacial score (nSPS) is 10.4. The molecule has 0 radical (unpaired) electrons. The second-order valence-electron chi connectivity index (χ2n) is 8.48. The number of allylic oxidation sites excluding steroid dienone is 2. The van der Waals surface area contributed by atoms with Crippen molar-refractivity contribution in [2.24, 2.45) is 5.92 Å². The fourth-order valence-corrected chi connectivity index (χ4v) is 2.93. The maximum atomic E-state index is 3.60. The Kier molecular flexibility index (Phi) is 52.2. The second-order valence-corrected chi connectivity index (χ2v) is 8.48. The molecule has 0 amide bonds. The van der Waals surface area contributed by atoms with Crippen LogP contribution in [0, 0.1) is 5.92 Å². The minimum atomic E-state index is 1.02. The van der Waals surface area contributed by atoms with Crippen LogP contribution in [-0.4, -0.2) is 0 Å². The summed E-state index contributed by atoms with van der Waals surface area (Å²) in [6, 6.07) is 0. The molecule has 0 rings (SSSR count). The predicted octanol–water partition coefficient (Wildman–Crippen LogP) is 12.1. The predicted molar refractivity (Wildman–Crippen MR) is 147 cm³/mol. The van der Waals surface area contributed by atoms with Crippen LogP contribution >= 0.6 is 0 Å². The summed E-state index contributed by atoms with van der Waals surface area (Å²) < 4.78 is 0. The van der Waals surface area contributed by atoms with E-state index in [-0.39, 0.29) is 0 Å². The van der Waals surface area contributed by atoms with Crippen molar-refractivity contribution in [3.05, 3.63) is 25.3 Å². The van der Waals surface area contributed by atoms with Crippen LogP contribution in [0.3, 0.4) is 0 Å². The summed E-state index contributed by atoms with van der Waals surface area (Å²) in [6.07, 6.45) is 28.4. The molecule has 0 N–H and O–H groups in total. The molecular formula is C30H64. The third-order valence-corrected chi connectivity index (χ3v) is 5.24. The van der Waals surface area contributed by atoms with Gasteiger partial charge in [0, 0.05) is 0 Å². The molecule has 0 saturated heterocycles. The zero-order chi connectivity index (χ0) is 23.7. The van der Waals surface area contributed by atoms with Gasteiger partial charge in [-0.1, -0.05) is 163 Å². The van der Waals surface area contributed by atoms with Crippen LogP contribution in [0.4, 0.5) is 0 Å². The first-order valence-corrected chi connectivity index (χ1v) is 13.8. The first-order valence-electron chi connectivity index (χ1n) is 13.8. The highest BCUT2D eigenvalue weighted by Gasteiger charge is 2.04. The number of hydrogen-bond donors (Lipinski definition) is 0. The van der Waals surface area contributed by atoms with Crippen molar-refractivity contribution in [2.45, 2.75) is 164 Å². The number of unbranched alkanes of at least 4 members (excludes halogenated alkanes) is 10. The van der Waals surface area contributed by atoms with Gasteiger partial charge in [0.1, 0.15) is 0 Å². The van der Waals surface area contributed by atoms with Crippen LogP contribution < -0.4 is 0 Å². The monoisotopic (exact) mass is 425 g/mol. The summed E-state index contributed by atoms with van der Waals surface area (Å²) in [5.41, 5.74) is 0. The molecular weight excluding hydrogens is 360 g/mol. The Morgan fingerprint density at radius 3 is 1.07 bits per heavy atom. The average molecular weight is 425 g/mol. The fraction of sp³-hybridized carbons (Fsp3) is 0.867. The summed E-state index contributed by atoms with van der Waals surface area (Å²) in [7, 11) is 0. The molecule has 0 heteroatoms. The Hall–Kier alpha value is -0.520. The third-order valence-electron chi connectivity index (χ3n) is 5.24. The van der Waals surface area contributed by atoms with Gasteiger partial charge in [0.15, 0.2) is 0 Å². The van der Waals surface area contributed by atoms with Crippen LogP contribution in [0.15, 0.2) is 25.3 Å². The van der Waals surface area contributed by atoms with E-state index < -0.39 is 0 Å². The fourth-order valence-electron chi connectivity index (χ4n) is 2.93. The Bertz CT molecular complexity index is 237. The topological polar surface area (TPSA) is 0 Å². The number of hydrogen-bond acceptors (Lipinski definition) is 0. The molecule has 184 valence electrons. The molecule has 0 heterocycles. The molecule has 0 aliphatic rings. The molecule has 30 heavy (non-hydrogen) atoms. The van der Waals surface area contributed by atoms with Crippen molar-refractivity contribution in [2.75, 3.05) is 0 Å². The summed E-state index contributed by atoms with van der Waals surface area (Å²) in [5, 5.41) is 0. The zero-order valence-electron chi connectivity index (χ0n) is 22.9. The molecule has 0 bridgehead atoms. The summed E-state index contributed by atoms with van der Waals surface area (Å²) in [4.78, 5) is 0. The Morgan fingerprint density at radius 2 is 0.800 bits per heavy atom. The van der Waals surface area contributed by atoms with Gasteiger partial charge in [-0.25, -0.2) is 0 Å². The van der Waals surface area contributed by atoms with Crippen LogP contribution in [0.25, 0.3) is 0 Å². The molecule has 0 fully saturated rings. The largest absolute Gasteiger partial charge is 0.103 e. The Labute approximate surface area is 195 Å². The third kappa shape index (κ3) is 50.8. The SMILES string of the molecule is C=CCCCC.C=CCCCC.CCCCCC.CCCCCC(CC)CCCC. The minimum absolute atomic E-state index is 1.02. The molecule has 0 aromatic rings. The average Bonchev–Trinajstić information content (AvgIpc) is 2.78. The highest BCUT2D eigenvalue weighted by Crippen LogP contribution is 2.19. The van der Waals surface area contributed by atoms with Crippen molar-refractivity contribution >= 4 is 0 Å². The lowest BCUT2D eigenvalue weighted by atomic mass is 9.93. The molecule has 0 aromatic heterocycles. The maximum absolute atomic E-state index is 3.60. The van der Waals surface area contributed by atoms with Gasteiger partial charge in [-0.15, -0.1) is 13.2 Å². The van der Waals surface area contributed by atoms with Crippen molar-refractivity contribution < 1.29 is 0 Å². The van der Waals surface area contributed by atoms with Crippen LogP contribution in [0.2, 0.25) is 0 Å². The van der Waals surface area contributed by atoms with Gasteiger partial charge in [0.05, 0.1) is 0 Å². The summed E-state index contributed by atoms with van der Waals surface area (Å²) >= 11 is 0. The van der Waals surface area contributed by atoms with Crippen molar-refractivity contribution in [1.29, 1.82) is 0 Å². The van der Waals surface area contributed by atoms with Crippen molar-refractivity contribution in [3.8, 4) is 0 Å². The van der Waals surface area contributed by atoms with E-state index in [0.717, 1.165) is 5.92 Å². The quantitative estimate of drug-likeness (QED) is 0.161. The first-order chi connectivity index (χ1) is 14.6. The lowest BCUT2D eigenvalue weighted by Crippen LogP contribution is -1.98. The smallest absolute Gasteiger partial charge is 0.0354 e. The van der Waals surface area contributed by atoms with Gasteiger partial charge in [0.2, 0.25) is 0 Å². The van der Waals surface area contributed by atoms with E-state index in [1.54, 1.807) is 0 Å². The minimum Gasteiger partial charge on any atom is -0.103 e. The molecule has 0 aromatic carbocycles. The molecule has 0 aliphatic carbocycles. The summed E-state index contributed by atoms with van der Waals surface area (Å²) in [5.74, 6) is 1.02. The molecule has 1 unspecified atom stereocenters. The molecule has 0 saturated carbocycles. The molecule has 1 atom stereocenters. The van der Waals surface area contributed by atoms with E-state index in [1.165, 1.54) is 116 Å². The van der Waals surface area contributed by atoms with Crippen molar-refractivity contribution in [3.63, 3.8) is 0 Å². The van der Waals surface area contributed by atoms with Crippen LogP contribution in [-0.2, 0) is 0 Å². The molecule has 0 spiro atoms. The van der Waals surface area contributed by atoms with Gasteiger partial charge in [-0.05, 0) is 18.8 Å². The highest BCUT2D eigenvalue weighted by atomic mass is 14.1. The van der Waals surface area contributed by atoms with Gasteiger partial charge in [-0.2, -0.15) is 0 Å². The first kappa shape index (κ1) is 36.8. The molecule has 0 nitrogen and oxygen atoms in total. The van der Waals surface area contributed by atoms with Gasteiger partial charge < -0.3 is 0 Å². The lowest BCUT2D eigenvalue weighted by molar-refractivity contribution is 0.404. The van der Waals surface area contributed by atoms with Gasteiger partial charge in [-0.3, -0.25) is 0 Å². The van der Waals surface area contributed by atoms with E-state index in [1.807, 2.05) is 12.2 Å². The van der Waals surface area contributed by atoms with Crippen molar-refractivity contribution in [1.82, 2.24) is 0 Å². The van der Waals surface area contributed by atoms with E-state index in [0.29, 0.717) is 0 Å². The van der Waals surface area contributed by atoms with Crippen LogP contribution in [0.5, 0.6) is 0 Å². The van der Waals surface area contributed by atoms with Crippen LogP contribution in [0.1, 0.15) is 164 Å². The highest BCUT2D eigenvalue weighted by molar-refractivity contribution is 4.64. The summed E-state index contributed by atoms with van der Waals surface area (Å²) in [6.45, 7) is 22.9.